The zero-order valence-corrected chi connectivity index (χ0v) is 18.3. The van der Waals surface area contributed by atoms with Crippen molar-refractivity contribution in [2.24, 2.45) is 0 Å². The Kier molecular flexibility index (Phi) is 5.06. The standard InChI is InChI=1S/C23H26N4O2S/c1-15-24-21(20-18-8-3-4-9-19(18)30-22(20)25-15)26-10-12-27(13-11-26)23(28)16-6-5-7-17(14-16)29-2/h5-7,14H,3-4,8-13H2,1-2H3. The summed E-state index contributed by atoms with van der Waals surface area (Å²) in [6.45, 7) is 4.92. The molecule has 1 amide bonds. The monoisotopic (exact) mass is 422 g/mol. The molecule has 0 atom stereocenters. The maximum Gasteiger partial charge on any atom is 0.254 e. The van der Waals surface area contributed by atoms with Crippen molar-refractivity contribution in [3.8, 4) is 5.75 Å². The molecular formula is C23H26N4O2S. The Morgan fingerprint density at radius 2 is 1.90 bits per heavy atom. The second-order valence-corrected chi connectivity index (χ2v) is 9.08. The van der Waals surface area contributed by atoms with Crippen LogP contribution in [0.1, 0.15) is 39.5 Å². The van der Waals surface area contributed by atoms with E-state index in [1.165, 1.54) is 28.7 Å². The molecule has 156 valence electrons. The fourth-order valence-electron chi connectivity index (χ4n) is 4.53. The van der Waals surface area contributed by atoms with Gasteiger partial charge in [0.15, 0.2) is 0 Å². The molecule has 1 saturated heterocycles. The number of thiophene rings is 1. The van der Waals surface area contributed by atoms with Crippen molar-refractivity contribution in [2.45, 2.75) is 32.6 Å². The molecule has 2 aliphatic rings. The summed E-state index contributed by atoms with van der Waals surface area (Å²) in [5, 5.41) is 1.26. The average Bonchev–Trinajstić information content (AvgIpc) is 3.16. The van der Waals surface area contributed by atoms with E-state index in [9.17, 15) is 4.79 Å². The Hall–Kier alpha value is -2.67. The summed E-state index contributed by atoms with van der Waals surface area (Å²) >= 11 is 1.84. The van der Waals surface area contributed by atoms with Crippen molar-refractivity contribution in [1.82, 2.24) is 14.9 Å². The van der Waals surface area contributed by atoms with E-state index in [-0.39, 0.29) is 5.91 Å². The molecule has 0 saturated carbocycles. The third-order valence-electron chi connectivity index (χ3n) is 6.09. The number of carbonyl (C=O) groups excluding carboxylic acids is 1. The lowest BCUT2D eigenvalue weighted by atomic mass is 9.97. The number of rotatable bonds is 3. The molecule has 2 aromatic heterocycles. The summed E-state index contributed by atoms with van der Waals surface area (Å²) in [7, 11) is 1.62. The number of anilines is 1. The lowest BCUT2D eigenvalue weighted by Crippen LogP contribution is -2.49. The second kappa shape index (κ2) is 7.87. The molecule has 0 spiro atoms. The maximum absolute atomic E-state index is 13.0. The van der Waals surface area contributed by atoms with E-state index in [4.69, 9.17) is 14.7 Å². The van der Waals surface area contributed by atoms with Crippen molar-refractivity contribution < 1.29 is 9.53 Å². The smallest absolute Gasteiger partial charge is 0.254 e. The zero-order chi connectivity index (χ0) is 20.7. The van der Waals surface area contributed by atoms with Crippen molar-refractivity contribution in [2.75, 3.05) is 38.2 Å². The van der Waals surface area contributed by atoms with E-state index in [1.807, 2.05) is 47.4 Å². The predicted molar refractivity (Wildman–Crippen MR) is 120 cm³/mol. The van der Waals surface area contributed by atoms with Gasteiger partial charge >= 0.3 is 0 Å². The van der Waals surface area contributed by atoms with Gasteiger partial charge in [0.25, 0.3) is 5.91 Å². The number of piperazine rings is 1. The first-order valence-corrected chi connectivity index (χ1v) is 11.4. The lowest BCUT2D eigenvalue weighted by molar-refractivity contribution is 0.0746. The van der Waals surface area contributed by atoms with Gasteiger partial charge in [0, 0.05) is 36.6 Å². The molecular weight excluding hydrogens is 396 g/mol. The number of amides is 1. The molecule has 3 aromatic rings. The highest BCUT2D eigenvalue weighted by Gasteiger charge is 2.27. The van der Waals surface area contributed by atoms with Gasteiger partial charge in [0.2, 0.25) is 0 Å². The molecule has 6 nitrogen and oxygen atoms in total. The van der Waals surface area contributed by atoms with Crippen LogP contribution in [0.2, 0.25) is 0 Å². The Labute approximate surface area is 180 Å². The number of hydrogen-bond donors (Lipinski definition) is 0. The summed E-state index contributed by atoms with van der Waals surface area (Å²) in [6.07, 6.45) is 4.81. The lowest BCUT2D eigenvalue weighted by Gasteiger charge is -2.36. The fourth-order valence-corrected chi connectivity index (χ4v) is 5.83. The van der Waals surface area contributed by atoms with Crippen molar-refractivity contribution >= 4 is 33.3 Å². The number of fused-ring (bicyclic) bond motifs is 3. The SMILES string of the molecule is COc1cccc(C(=O)N2CCN(c3nc(C)nc4sc5c(c34)CCCC5)CC2)c1. The van der Waals surface area contributed by atoms with Gasteiger partial charge < -0.3 is 14.5 Å². The Bertz CT molecular complexity index is 1100. The van der Waals surface area contributed by atoms with Crippen LogP contribution in [0.5, 0.6) is 5.75 Å². The number of aromatic nitrogens is 2. The first-order chi connectivity index (χ1) is 14.6. The van der Waals surface area contributed by atoms with Crippen LogP contribution in [0.4, 0.5) is 5.82 Å². The third-order valence-corrected chi connectivity index (χ3v) is 7.28. The number of benzene rings is 1. The van der Waals surface area contributed by atoms with Crippen molar-refractivity contribution in [1.29, 1.82) is 0 Å². The predicted octanol–water partition coefficient (Wildman–Crippen LogP) is 3.85. The first-order valence-electron chi connectivity index (χ1n) is 10.6. The van der Waals surface area contributed by atoms with Crippen LogP contribution < -0.4 is 9.64 Å². The van der Waals surface area contributed by atoms with Gasteiger partial charge in [-0.2, -0.15) is 0 Å². The number of carbonyl (C=O) groups is 1. The van der Waals surface area contributed by atoms with Crippen LogP contribution in [0, 0.1) is 6.92 Å². The summed E-state index contributed by atoms with van der Waals surface area (Å²) in [6, 6.07) is 7.39. The molecule has 1 aliphatic heterocycles. The normalized spacial score (nSPS) is 16.6. The van der Waals surface area contributed by atoms with Crippen LogP contribution in [-0.2, 0) is 12.8 Å². The largest absolute Gasteiger partial charge is 0.497 e. The molecule has 0 unspecified atom stereocenters. The van der Waals surface area contributed by atoms with Gasteiger partial charge in [-0.1, -0.05) is 6.07 Å². The molecule has 0 radical (unpaired) electrons. The highest BCUT2D eigenvalue weighted by Crippen LogP contribution is 2.39. The minimum atomic E-state index is 0.0606. The van der Waals surface area contributed by atoms with Crippen LogP contribution >= 0.6 is 11.3 Å². The first kappa shape index (κ1) is 19.3. The average molecular weight is 423 g/mol. The van der Waals surface area contributed by atoms with Gasteiger partial charge in [0.05, 0.1) is 12.5 Å². The molecule has 7 heteroatoms. The minimum Gasteiger partial charge on any atom is -0.497 e. The molecule has 30 heavy (non-hydrogen) atoms. The van der Waals surface area contributed by atoms with E-state index >= 15 is 0 Å². The van der Waals surface area contributed by atoms with Gasteiger partial charge in [-0.25, -0.2) is 9.97 Å². The summed E-state index contributed by atoms with van der Waals surface area (Å²) in [5.41, 5.74) is 2.14. The zero-order valence-electron chi connectivity index (χ0n) is 17.5. The molecule has 3 heterocycles. The summed E-state index contributed by atoms with van der Waals surface area (Å²) < 4.78 is 5.26. The number of nitrogens with zero attached hydrogens (tertiary/aromatic N) is 4. The maximum atomic E-state index is 13.0. The van der Waals surface area contributed by atoms with Gasteiger partial charge in [-0.3, -0.25) is 4.79 Å². The van der Waals surface area contributed by atoms with E-state index in [2.05, 4.69) is 4.90 Å². The van der Waals surface area contributed by atoms with Crippen LogP contribution in [0.25, 0.3) is 10.2 Å². The summed E-state index contributed by atoms with van der Waals surface area (Å²) in [5.74, 6) is 2.66. The van der Waals surface area contributed by atoms with E-state index in [0.29, 0.717) is 24.4 Å². The molecule has 0 N–H and O–H groups in total. The Morgan fingerprint density at radius 1 is 1.10 bits per heavy atom. The molecule has 5 rings (SSSR count). The van der Waals surface area contributed by atoms with E-state index in [1.54, 1.807) is 7.11 Å². The summed E-state index contributed by atoms with van der Waals surface area (Å²) in [4.78, 5) is 29.4. The van der Waals surface area contributed by atoms with Crippen molar-refractivity contribution in [3.05, 3.63) is 46.1 Å². The van der Waals surface area contributed by atoms with Crippen molar-refractivity contribution in [3.63, 3.8) is 0 Å². The van der Waals surface area contributed by atoms with Gasteiger partial charge in [-0.05, 0) is 56.4 Å². The molecule has 1 fully saturated rings. The topological polar surface area (TPSA) is 58.6 Å². The van der Waals surface area contributed by atoms with Gasteiger partial charge in [0.1, 0.15) is 22.2 Å². The quantitative estimate of drug-likeness (QED) is 0.642. The van der Waals surface area contributed by atoms with Gasteiger partial charge in [-0.15, -0.1) is 11.3 Å². The third kappa shape index (κ3) is 3.41. The Balaban J connectivity index is 1.38. The Morgan fingerprint density at radius 3 is 2.70 bits per heavy atom. The highest BCUT2D eigenvalue weighted by molar-refractivity contribution is 7.19. The van der Waals surface area contributed by atoms with Crippen LogP contribution in [-0.4, -0.2) is 54.1 Å². The van der Waals surface area contributed by atoms with E-state index < -0.39 is 0 Å². The number of methoxy groups -OCH3 is 1. The van der Waals surface area contributed by atoms with Crippen LogP contribution in [0.15, 0.2) is 24.3 Å². The molecule has 1 aliphatic carbocycles. The fraction of sp³-hybridized carbons (Fsp3) is 0.435. The molecule has 0 bridgehead atoms. The number of hydrogen-bond acceptors (Lipinski definition) is 6. The van der Waals surface area contributed by atoms with E-state index in [0.717, 1.165) is 42.4 Å². The van der Waals surface area contributed by atoms with Crippen LogP contribution in [0.3, 0.4) is 0 Å². The highest BCUT2D eigenvalue weighted by atomic mass is 32.1. The second-order valence-electron chi connectivity index (χ2n) is 8.00. The number of ether oxygens (including phenoxy) is 1. The minimum absolute atomic E-state index is 0.0606. The molecule has 1 aromatic carbocycles. The number of aryl methyl sites for hydroxylation is 3.